The third kappa shape index (κ3) is 3.46. The molecule has 4 heterocycles. The number of nitrogens with one attached hydrogen (secondary N) is 1. The maximum absolute atomic E-state index is 12.7. The zero-order valence-corrected chi connectivity index (χ0v) is 13.9. The van der Waals surface area contributed by atoms with Crippen LogP contribution in [0.4, 0.5) is 5.95 Å². The van der Waals surface area contributed by atoms with Crippen LogP contribution in [0, 0.1) is 11.8 Å². The van der Waals surface area contributed by atoms with Crippen LogP contribution in [0.2, 0.25) is 0 Å². The Morgan fingerprint density at radius 2 is 2.16 bits per heavy atom. The van der Waals surface area contributed by atoms with E-state index in [0.717, 1.165) is 26.1 Å². The molecule has 0 unspecified atom stereocenters. The lowest BCUT2D eigenvalue weighted by atomic mass is 9.84. The number of likely N-dealkylation sites (tertiary alicyclic amines) is 1. The van der Waals surface area contributed by atoms with Gasteiger partial charge in [0, 0.05) is 50.3 Å². The molecule has 4 rings (SSSR count). The Bertz CT molecular complexity index is 712. The first-order chi connectivity index (χ1) is 12.3. The van der Waals surface area contributed by atoms with E-state index in [-0.39, 0.29) is 12.0 Å². The lowest BCUT2D eigenvalue weighted by Gasteiger charge is -2.36. The third-order valence-corrected chi connectivity index (χ3v) is 5.03. The molecule has 0 aromatic carbocycles. The first-order valence-electron chi connectivity index (χ1n) is 8.63. The van der Waals surface area contributed by atoms with Gasteiger partial charge in [0.15, 0.2) is 0 Å². The van der Waals surface area contributed by atoms with Gasteiger partial charge in [-0.05, 0) is 30.5 Å². The Labute approximate surface area is 146 Å². The highest BCUT2D eigenvalue weighted by atomic mass is 16.5. The van der Waals surface area contributed by atoms with Crippen molar-refractivity contribution in [2.24, 2.45) is 11.8 Å². The van der Waals surface area contributed by atoms with Gasteiger partial charge < -0.3 is 15.0 Å². The van der Waals surface area contributed by atoms with Gasteiger partial charge in [0.1, 0.15) is 0 Å². The highest BCUT2D eigenvalue weighted by molar-refractivity contribution is 5.93. The van der Waals surface area contributed by atoms with Crippen molar-refractivity contribution < 1.29 is 9.53 Å². The molecule has 1 N–H and O–H groups in total. The highest BCUT2D eigenvalue weighted by Gasteiger charge is 2.42. The molecule has 0 saturated carbocycles. The van der Waals surface area contributed by atoms with E-state index in [4.69, 9.17) is 4.74 Å². The molecule has 0 bridgehead atoms. The summed E-state index contributed by atoms with van der Waals surface area (Å²) in [6.07, 6.45) is 7.78. The fraction of sp³-hybridized carbons (Fsp3) is 0.444. The summed E-state index contributed by atoms with van der Waals surface area (Å²) < 4.78 is 5.99. The van der Waals surface area contributed by atoms with Gasteiger partial charge in [-0.25, -0.2) is 9.97 Å². The fourth-order valence-electron chi connectivity index (χ4n) is 3.68. The smallest absolute Gasteiger partial charge is 0.255 e. The average molecular weight is 339 g/mol. The van der Waals surface area contributed by atoms with Crippen LogP contribution in [0.5, 0.6) is 0 Å². The van der Waals surface area contributed by atoms with E-state index in [1.165, 1.54) is 0 Å². The molecule has 2 aromatic rings. The topological polar surface area (TPSA) is 80.2 Å². The second-order valence-corrected chi connectivity index (χ2v) is 6.53. The van der Waals surface area contributed by atoms with Gasteiger partial charge in [0.25, 0.3) is 5.91 Å². The SMILES string of the molecule is O=C(c1cccnc1)N1CC[C@@H]2CO[C@@H](CNc3ncccn3)[C@@H]2C1. The summed E-state index contributed by atoms with van der Waals surface area (Å²) in [7, 11) is 0. The molecule has 1 amide bonds. The summed E-state index contributed by atoms with van der Waals surface area (Å²) in [6, 6.07) is 5.40. The number of pyridine rings is 1. The van der Waals surface area contributed by atoms with Crippen LogP contribution in [-0.4, -0.2) is 58.1 Å². The second kappa shape index (κ2) is 7.14. The number of carbonyl (C=O) groups excluding carboxylic acids is 1. The average Bonchev–Trinajstić information content (AvgIpc) is 3.09. The van der Waals surface area contributed by atoms with E-state index in [0.29, 0.717) is 29.9 Å². The maximum Gasteiger partial charge on any atom is 0.255 e. The zero-order chi connectivity index (χ0) is 17.1. The molecule has 7 heteroatoms. The van der Waals surface area contributed by atoms with Crippen LogP contribution in [0.1, 0.15) is 16.8 Å². The van der Waals surface area contributed by atoms with Gasteiger partial charge in [0.05, 0.1) is 18.3 Å². The Kier molecular flexibility index (Phi) is 4.56. The van der Waals surface area contributed by atoms with Gasteiger partial charge in [0.2, 0.25) is 5.95 Å². The fourth-order valence-corrected chi connectivity index (χ4v) is 3.68. The van der Waals surface area contributed by atoms with Crippen molar-refractivity contribution in [3.05, 3.63) is 48.5 Å². The minimum Gasteiger partial charge on any atom is -0.376 e. The molecule has 2 aliphatic heterocycles. The predicted octanol–water partition coefficient (Wildman–Crippen LogP) is 1.46. The summed E-state index contributed by atoms with van der Waals surface area (Å²) >= 11 is 0. The first-order valence-corrected chi connectivity index (χ1v) is 8.63. The normalized spacial score (nSPS) is 25.4. The Balaban J connectivity index is 1.39. The number of carbonyl (C=O) groups is 1. The quantitative estimate of drug-likeness (QED) is 0.908. The summed E-state index contributed by atoms with van der Waals surface area (Å²) in [6.45, 7) is 2.92. The summed E-state index contributed by atoms with van der Waals surface area (Å²) in [5.74, 6) is 1.51. The molecule has 130 valence electrons. The Morgan fingerprint density at radius 1 is 1.28 bits per heavy atom. The van der Waals surface area contributed by atoms with Crippen LogP contribution in [0.3, 0.4) is 0 Å². The van der Waals surface area contributed by atoms with Gasteiger partial charge in [-0.15, -0.1) is 0 Å². The number of fused-ring (bicyclic) bond motifs is 1. The molecule has 2 aromatic heterocycles. The predicted molar refractivity (Wildman–Crippen MR) is 92.0 cm³/mol. The molecule has 2 aliphatic rings. The number of aromatic nitrogens is 3. The van der Waals surface area contributed by atoms with Crippen LogP contribution in [-0.2, 0) is 4.74 Å². The molecule has 25 heavy (non-hydrogen) atoms. The van der Waals surface area contributed by atoms with Crippen molar-refractivity contribution in [3.8, 4) is 0 Å². The largest absolute Gasteiger partial charge is 0.376 e. The summed E-state index contributed by atoms with van der Waals surface area (Å²) in [5, 5.41) is 3.23. The van der Waals surface area contributed by atoms with E-state index < -0.39 is 0 Å². The van der Waals surface area contributed by atoms with Crippen molar-refractivity contribution in [3.63, 3.8) is 0 Å². The van der Waals surface area contributed by atoms with Crippen LogP contribution in [0.15, 0.2) is 43.0 Å². The number of piperidine rings is 1. The van der Waals surface area contributed by atoms with Crippen molar-refractivity contribution in [2.75, 3.05) is 31.6 Å². The van der Waals surface area contributed by atoms with Crippen molar-refractivity contribution in [1.82, 2.24) is 19.9 Å². The molecule has 2 fully saturated rings. The zero-order valence-electron chi connectivity index (χ0n) is 13.9. The minimum absolute atomic E-state index is 0.0524. The van der Waals surface area contributed by atoms with E-state index >= 15 is 0 Å². The molecular formula is C18H21N5O2. The van der Waals surface area contributed by atoms with E-state index in [2.05, 4.69) is 20.3 Å². The minimum atomic E-state index is 0.0524. The molecule has 7 nitrogen and oxygen atoms in total. The number of ether oxygens (including phenoxy) is 1. The molecule has 3 atom stereocenters. The lowest BCUT2D eigenvalue weighted by Crippen LogP contribution is -2.46. The molecule has 0 aliphatic carbocycles. The Hall–Kier alpha value is -2.54. The van der Waals surface area contributed by atoms with Crippen LogP contribution < -0.4 is 5.32 Å². The molecule has 2 saturated heterocycles. The second-order valence-electron chi connectivity index (χ2n) is 6.53. The number of anilines is 1. The molecule has 0 radical (unpaired) electrons. The standard InChI is InChI=1S/C18H21N5O2/c24-17(13-3-1-5-19-9-13)23-8-4-14-12-25-16(15(14)11-23)10-22-18-20-6-2-7-21-18/h1-3,5-7,9,14-16H,4,8,10-12H2,(H,20,21,22)/t14-,15-,16+/m1/s1. The maximum atomic E-state index is 12.7. The van der Waals surface area contributed by atoms with E-state index in [1.54, 1.807) is 36.9 Å². The first kappa shape index (κ1) is 16.0. The van der Waals surface area contributed by atoms with E-state index in [1.807, 2.05) is 11.0 Å². The monoisotopic (exact) mass is 339 g/mol. The molecular weight excluding hydrogens is 318 g/mol. The van der Waals surface area contributed by atoms with Gasteiger partial charge in [-0.3, -0.25) is 9.78 Å². The lowest BCUT2D eigenvalue weighted by molar-refractivity contribution is 0.0576. The van der Waals surface area contributed by atoms with Crippen molar-refractivity contribution in [2.45, 2.75) is 12.5 Å². The van der Waals surface area contributed by atoms with Gasteiger partial charge in [-0.1, -0.05) is 0 Å². The third-order valence-electron chi connectivity index (χ3n) is 5.03. The van der Waals surface area contributed by atoms with Gasteiger partial charge >= 0.3 is 0 Å². The van der Waals surface area contributed by atoms with Crippen molar-refractivity contribution >= 4 is 11.9 Å². The summed E-state index contributed by atoms with van der Waals surface area (Å²) in [4.78, 5) is 27.0. The number of hydrogen-bond donors (Lipinski definition) is 1. The van der Waals surface area contributed by atoms with E-state index in [9.17, 15) is 4.79 Å². The number of rotatable bonds is 4. The number of amides is 1. The van der Waals surface area contributed by atoms with Crippen LogP contribution in [0.25, 0.3) is 0 Å². The van der Waals surface area contributed by atoms with Gasteiger partial charge in [-0.2, -0.15) is 0 Å². The number of nitrogens with zero attached hydrogens (tertiary/aromatic N) is 4. The highest BCUT2D eigenvalue weighted by Crippen LogP contribution is 2.34. The molecule has 0 spiro atoms. The van der Waals surface area contributed by atoms with Crippen LogP contribution >= 0.6 is 0 Å². The Morgan fingerprint density at radius 3 is 2.96 bits per heavy atom. The summed E-state index contributed by atoms with van der Waals surface area (Å²) in [5.41, 5.74) is 0.646. The number of hydrogen-bond acceptors (Lipinski definition) is 6. The van der Waals surface area contributed by atoms with Crippen molar-refractivity contribution in [1.29, 1.82) is 0 Å².